The van der Waals surface area contributed by atoms with Gasteiger partial charge >= 0.3 is 0 Å². The van der Waals surface area contributed by atoms with Gasteiger partial charge in [-0.05, 0) is 37.8 Å². The molecule has 5 atom stereocenters. The van der Waals surface area contributed by atoms with Gasteiger partial charge in [-0.3, -0.25) is 4.57 Å². The summed E-state index contributed by atoms with van der Waals surface area (Å²) in [7, 11) is 0.132. The van der Waals surface area contributed by atoms with Crippen molar-refractivity contribution < 1.29 is 14.0 Å². The molecule has 2 saturated carbocycles. The fourth-order valence-electron chi connectivity index (χ4n) is 4.67. The van der Waals surface area contributed by atoms with Crippen molar-refractivity contribution in [3.05, 3.63) is 16.8 Å². The van der Waals surface area contributed by atoms with Crippen LogP contribution in [0.5, 0.6) is 0 Å². The Morgan fingerprint density at radius 3 is 2.92 bits per heavy atom. The molecule has 0 radical (unpaired) electrons. The van der Waals surface area contributed by atoms with E-state index >= 15 is 0 Å². The van der Waals surface area contributed by atoms with E-state index in [1.165, 1.54) is 0 Å². The standard InChI is InChI=1S/C15H15Cl2N4O3P/c1-14(2)23-9-8(6-3-15(6,4-25-22)10(9)24-14)21-5-18-7-11(16)19-13(17)20-12(7)21/h5-6,8-10H,3-4H2,1-2H3/t6-,8?,9-,10-,15+/m1/s1. The van der Waals surface area contributed by atoms with Crippen molar-refractivity contribution in [1.29, 1.82) is 0 Å². The Hall–Kier alpha value is -0.850. The maximum atomic E-state index is 11.4. The summed E-state index contributed by atoms with van der Waals surface area (Å²) in [6.07, 6.45) is 2.98. The van der Waals surface area contributed by atoms with Crippen molar-refractivity contribution in [2.24, 2.45) is 11.3 Å². The normalized spacial score (nSPS) is 38.2. The Kier molecular flexibility index (Phi) is 3.34. The number of ether oxygens (including phenoxy) is 2. The lowest BCUT2D eigenvalue weighted by atomic mass is 10.0. The lowest BCUT2D eigenvalue weighted by Crippen LogP contribution is -2.32. The van der Waals surface area contributed by atoms with Crippen LogP contribution in [0, 0.1) is 11.3 Å². The highest BCUT2D eigenvalue weighted by Gasteiger charge is 2.75. The number of hydrogen-bond donors (Lipinski definition) is 0. The van der Waals surface area contributed by atoms with E-state index in [-0.39, 0.29) is 42.6 Å². The molecule has 132 valence electrons. The Bertz CT molecular complexity index is 906. The number of rotatable bonds is 3. The van der Waals surface area contributed by atoms with Crippen LogP contribution in [0.4, 0.5) is 0 Å². The second kappa shape index (κ2) is 5.11. The molecule has 2 aromatic rings. The molecule has 0 N–H and O–H groups in total. The van der Waals surface area contributed by atoms with Crippen molar-refractivity contribution in [2.75, 3.05) is 6.16 Å². The quantitative estimate of drug-likeness (QED) is 0.445. The van der Waals surface area contributed by atoms with Crippen LogP contribution < -0.4 is 0 Å². The predicted octanol–water partition coefficient (Wildman–Crippen LogP) is 3.51. The first-order valence-corrected chi connectivity index (χ1v) is 9.82. The average molecular weight is 401 g/mol. The van der Waals surface area contributed by atoms with Crippen LogP contribution >= 0.6 is 31.7 Å². The van der Waals surface area contributed by atoms with Gasteiger partial charge < -0.3 is 14.0 Å². The van der Waals surface area contributed by atoms with Crippen molar-refractivity contribution in [3.63, 3.8) is 0 Å². The molecule has 3 aliphatic rings. The smallest absolute Gasteiger partial charge is 0.225 e. The van der Waals surface area contributed by atoms with Gasteiger partial charge in [-0.2, -0.15) is 4.98 Å². The highest BCUT2D eigenvalue weighted by Crippen LogP contribution is 2.72. The fraction of sp³-hybridized carbons (Fsp3) is 0.667. The number of halogens is 2. The number of nitrogens with zero attached hydrogens (tertiary/aromatic N) is 4. The van der Waals surface area contributed by atoms with E-state index in [0.29, 0.717) is 23.2 Å². The van der Waals surface area contributed by atoms with E-state index in [1.807, 2.05) is 18.4 Å². The number of imidazole rings is 1. The van der Waals surface area contributed by atoms with E-state index in [2.05, 4.69) is 15.0 Å². The molecular weight excluding hydrogens is 386 g/mol. The minimum Gasteiger partial charge on any atom is -0.344 e. The van der Waals surface area contributed by atoms with Gasteiger partial charge in [0.15, 0.2) is 25.0 Å². The van der Waals surface area contributed by atoms with Gasteiger partial charge in [-0.25, -0.2) is 9.97 Å². The Balaban J connectivity index is 1.64. The summed E-state index contributed by atoms with van der Waals surface area (Å²) in [5, 5.41) is 0.310. The van der Waals surface area contributed by atoms with E-state index in [0.717, 1.165) is 6.42 Å². The van der Waals surface area contributed by atoms with Crippen molar-refractivity contribution in [1.82, 2.24) is 19.5 Å². The first-order chi connectivity index (χ1) is 11.9. The predicted molar refractivity (Wildman–Crippen MR) is 91.2 cm³/mol. The molecule has 3 heterocycles. The highest BCUT2D eigenvalue weighted by molar-refractivity contribution is 7.23. The lowest BCUT2D eigenvalue weighted by Gasteiger charge is -2.24. The molecule has 0 spiro atoms. The zero-order valence-corrected chi connectivity index (χ0v) is 15.9. The van der Waals surface area contributed by atoms with Crippen LogP contribution in [-0.2, 0) is 14.0 Å². The van der Waals surface area contributed by atoms with Crippen LogP contribution in [-0.4, -0.2) is 43.7 Å². The van der Waals surface area contributed by atoms with Gasteiger partial charge in [0.2, 0.25) is 5.28 Å². The van der Waals surface area contributed by atoms with Crippen LogP contribution in [0.3, 0.4) is 0 Å². The zero-order valence-electron chi connectivity index (χ0n) is 13.5. The first-order valence-electron chi connectivity index (χ1n) is 8.07. The Labute approximate surface area is 155 Å². The largest absolute Gasteiger partial charge is 0.344 e. The molecule has 0 bridgehead atoms. The van der Waals surface area contributed by atoms with E-state index < -0.39 is 5.79 Å². The van der Waals surface area contributed by atoms with Crippen LogP contribution in [0.25, 0.3) is 11.2 Å². The summed E-state index contributed by atoms with van der Waals surface area (Å²) in [6, 6.07) is -0.0134. The molecule has 2 aliphatic carbocycles. The van der Waals surface area contributed by atoms with Crippen molar-refractivity contribution >= 4 is 42.8 Å². The summed E-state index contributed by atoms with van der Waals surface area (Å²) in [4.78, 5) is 12.6. The van der Waals surface area contributed by atoms with E-state index in [1.54, 1.807) is 6.33 Å². The average Bonchev–Trinajstić information content (AvgIpc) is 2.80. The third kappa shape index (κ3) is 2.17. The molecule has 25 heavy (non-hydrogen) atoms. The first kappa shape index (κ1) is 16.3. The molecule has 3 fully saturated rings. The Morgan fingerprint density at radius 1 is 1.36 bits per heavy atom. The number of hydrogen-bond acceptors (Lipinski definition) is 6. The van der Waals surface area contributed by atoms with Crippen LogP contribution in [0.2, 0.25) is 10.4 Å². The second-order valence-electron chi connectivity index (χ2n) is 7.45. The van der Waals surface area contributed by atoms with Crippen LogP contribution in [0.15, 0.2) is 6.33 Å². The van der Waals surface area contributed by atoms with Crippen molar-refractivity contribution in [3.8, 4) is 0 Å². The molecule has 1 aliphatic heterocycles. The SMILES string of the molecule is CC1(C)O[C@@H]2C(n3cnc4c(Cl)nc(Cl)nc43)[C@H]3C[C@@]3(CP=O)[C@@H]2O1. The molecular formula is C15H15Cl2N4O3P. The summed E-state index contributed by atoms with van der Waals surface area (Å²) in [5.41, 5.74) is 0.981. The lowest BCUT2D eigenvalue weighted by molar-refractivity contribution is -0.160. The Morgan fingerprint density at radius 2 is 2.16 bits per heavy atom. The van der Waals surface area contributed by atoms with E-state index in [4.69, 9.17) is 32.7 Å². The molecule has 7 nitrogen and oxygen atoms in total. The second-order valence-corrected chi connectivity index (χ2v) is 8.72. The third-order valence-electron chi connectivity index (χ3n) is 5.65. The molecule has 2 aromatic heterocycles. The highest BCUT2D eigenvalue weighted by atomic mass is 35.5. The monoisotopic (exact) mass is 400 g/mol. The zero-order chi connectivity index (χ0) is 17.6. The van der Waals surface area contributed by atoms with Crippen LogP contribution in [0.1, 0.15) is 26.3 Å². The fourth-order valence-corrected chi connectivity index (χ4v) is 5.88. The summed E-state index contributed by atoms with van der Waals surface area (Å²) in [6.45, 7) is 3.81. The van der Waals surface area contributed by atoms with Gasteiger partial charge in [0.1, 0.15) is 11.6 Å². The topological polar surface area (TPSA) is 79.1 Å². The summed E-state index contributed by atoms with van der Waals surface area (Å²) < 4.78 is 25.7. The number of fused-ring (bicyclic) bond motifs is 4. The molecule has 1 unspecified atom stereocenters. The van der Waals surface area contributed by atoms with Gasteiger partial charge in [0.05, 0.1) is 18.5 Å². The summed E-state index contributed by atoms with van der Waals surface area (Å²) in [5.74, 6) is -0.376. The molecule has 10 heteroatoms. The van der Waals surface area contributed by atoms with Gasteiger partial charge in [-0.1, -0.05) is 11.6 Å². The molecule has 5 rings (SSSR count). The van der Waals surface area contributed by atoms with Gasteiger partial charge in [0.25, 0.3) is 0 Å². The maximum Gasteiger partial charge on any atom is 0.225 e. The third-order valence-corrected chi connectivity index (χ3v) is 6.80. The van der Waals surface area contributed by atoms with Gasteiger partial charge in [0, 0.05) is 11.6 Å². The number of aromatic nitrogens is 4. The minimum absolute atomic E-state index is 0.0134. The summed E-state index contributed by atoms with van der Waals surface area (Å²) >= 11 is 12.1. The maximum absolute atomic E-state index is 11.4. The van der Waals surface area contributed by atoms with Crippen molar-refractivity contribution in [2.45, 2.75) is 44.3 Å². The molecule has 0 aromatic carbocycles. The van der Waals surface area contributed by atoms with Gasteiger partial charge in [-0.15, -0.1) is 0 Å². The molecule has 0 amide bonds. The van der Waals surface area contributed by atoms with E-state index in [9.17, 15) is 4.57 Å². The molecule has 1 saturated heterocycles. The minimum atomic E-state index is -0.672.